The molecule has 4 heteroatoms. The van der Waals surface area contributed by atoms with Crippen LogP contribution in [0, 0.1) is 25.2 Å². The van der Waals surface area contributed by atoms with Crippen molar-refractivity contribution in [3.05, 3.63) is 17.7 Å². The van der Waals surface area contributed by atoms with E-state index in [1.807, 2.05) is 24.7 Å². The molecule has 1 fully saturated rings. The number of imidazole rings is 1. The van der Waals surface area contributed by atoms with Crippen molar-refractivity contribution < 1.29 is 0 Å². The van der Waals surface area contributed by atoms with E-state index in [4.69, 9.17) is 5.26 Å². The average molecular weight is 204 g/mol. The molecule has 1 aromatic rings. The van der Waals surface area contributed by atoms with Gasteiger partial charge in [0.05, 0.1) is 24.6 Å². The fourth-order valence-electron chi connectivity index (χ4n) is 1.59. The molecule has 1 saturated carbocycles. The fraction of sp³-hybridized carbons (Fsp3) is 0.636. The Morgan fingerprint density at radius 3 is 2.87 bits per heavy atom. The number of nitriles is 1. The van der Waals surface area contributed by atoms with Crippen LogP contribution in [0.5, 0.6) is 0 Å². The van der Waals surface area contributed by atoms with Crippen molar-refractivity contribution in [3.63, 3.8) is 0 Å². The monoisotopic (exact) mass is 204 g/mol. The van der Waals surface area contributed by atoms with Crippen molar-refractivity contribution >= 4 is 0 Å². The van der Waals surface area contributed by atoms with Gasteiger partial charge in [0.25, 0.3) is 0 Å². The highest BCUT2D eigenvalue weighted by Gasteiger charge is 2.24. The van der Waals surface area contributed by atoms with Gasteiger partial charge in [-0.1, -0.05) is 0 Å². The highest BCUT2D eigenvalue weighted by Crippen LogP contribution is 2.19. The topological polar surface area (TPSA) is 53.6 Å². The molecule has 4 nitrogen and oxygen atoms in total. The van der Waals surface area contributed by atoms with Gasteiger partial charge in [-0.3, -0.25) is 5.32 Å². The summed E-state index contributed by atoms with van der Waals surface area (Å²) in [5, 5.41) is 12.3. The second-order valence-electron chi connectivity index (χ2n) is 4.19. The lowest BCUT2D eigenvalue weighted by Gasteiger charge is -2.12. The van der Waals surface area contributed by atoms with Crippen LogP contribution >= 0.6 is 0 Å². The summed E-state index contributed by atoms with van der Waals surface area (Å²) >= 11 is 0. The number of nitrogens with one attached hydrogen (secondary N) is 1. The summed E-state index contributed by atoms with van der Waals surface area (Å²) in [6, 6.07) is 2.77. The van der Waals surface area contributed by atoms with E-state index in [-0.39, 0.29) is 6.04 Å². The first-order valence-electron chi connectivity index (χ1n) is 5.34. The Hall–Kier alpha value is -1.34. The molecule has 80 valence electrons. The Morgan fingerprint density at radius 2 is 2.40 bits per heavy atom. The highest BCUT2D eigenvalue weighted by molar-refractivity contribution is 5.09. The van der Waals surface area contributed by atoms with E-state index in [1.54, 1.807) is 0 Å². The molecule has 2 rings (SSSR count). The minimum atomic E-state index is -0.0928. The fourth-order valence-corrected chi connectivity index (χ4v) is 1.59. The zero-order valence-electron chi connectivity index (χ0n) is 9.20. The quantitative estimate of drug-likeness (QED) is 0.800. The molecule has 0 spiro atoms. The lowest BCUT2D eigenvalue weighted by molar-refractivity contribution is 0.513. The number of aromatic nitrogens is 2. The zero-order valence-corrected chi connectivity index (χ0v) is 9.20. The summed E-state index contributed by atoms with van der Waals surface area (Å²) in [5.74, 6) is 0. The van der Waals surface area contributed by atoms with Crippen LogP contribution in [0.2, 0.25) is 0 Å². The zero-order chi connectivity index (χ0) is 10.8. The van der Waals surface area contributed by atoms with Gasteiger partial charge in [0, 0.05) is 11.7 Å². The predicted molar refractivity (Wildman–Crippen MR) is 57.3 cm³/mol. The Morgan fingerprint density at radius 1 is 1.67 bits per heavy atom. The van der Waals surface area contributed by atoms with Gasteiger partial charge in [0.15, 0.2) is 0 Å². The van der Waals surface area contributed by atoms with E-state index in [9.17, 15) is 0 Å². The van der Waals surface area contributed by atoms with Crippen molar-refractivity contribution in [1.29, 1.82) is 5.26 Å². The molecule has 0 radical (unpaired) electrons. The molecule has 1 unspecified atom stereocenters. The molecule has 0 aliphatic heterocycles. The lowest BCUT2D eigenvalue weighted by Crippen LogP contribution is -2.33. The van der Waals surface area contributed by atoms with Crippen molar-refractivity contribution in [2.75, 3.05) is 0 Å². The molecule has 15 heavy (non-hydrogen) atoms. The normalized spacial score (nSPS) is 17.4. The Labute approximate surface area is 89.9 Å². The number of rotatable bonds is 4. The molecule has 0 bridgehead atoms. The van der Waals surface area contributed by atoms with E-state index in [0.717, 1.165) is 11.4 Å². The second-order valence-corrected chi connectivity index (χ2v) is 4.19. The van der Waals surface area contributed by atoms with Crippen LogP contribution in [-0.2, 0) is 6.54 Å². The lowest BCUT2D eigenvalue weighted by atomic mass is 10.3. The van der Waals surface area contributed by atoms with E-state index in [0.29, 0.717) is 12.6 Å². The molecule has 1 aliphatic carbocycles. The van der Waals surface area contributed by atoms with Gasteiger partial charge >= 0.3 is 0 Å². The summed E-state index contributed by atoms with van der Waals surface area (Å²) in [5.41, 5.74) is 2.19. The van der Waals surface area contributed by atoms with Gasteiger partial charge in [-0.05, 0) is 26.7 Å². The van der Waals surface area contributed by atoms with Crippen molar-refractivity contribution in [2.45, 2.75) is 45.3 Å². The van der Waals surface area contributed by atoms with Crippen molar-refractivity contribution in [1.82, 2.24) is 14.9 Å². The summed E-state index contributed by atoms with van der Waals surface area (Å²) in [4.78, 5) is 4.22. The van der Waals surface area contributed by atoms with Crippen LogP contribution in [0.3, 0.4) is 0 Å². The van der Waals surface area contributed by atoms with Gasteiger partial charge < -0.3 is 4.57 Å². The summed E-state index contributed by atoms with van der Waals surface area (Å²) in [6.07, 6.45) is 4.23. The molecule has 1 aromatic heterocycles. The van der Waals surface area contributed by atoms with Crippen LogP contribution in [0.4, 0.5) is 0 Å². The van der Waals surface area contributed by atoms with E-state index >= 15 is 0 Å². The third-order valence-electron chi connectivity index (χ3n) is 2.89. The largest absolute Gasteiger partial charge is 0.332 e. The summed E-state index contributed by atoms with van der Waals surface area (Å²) in [7, 11) is 0. The maximum absolute atomic E-state index is 9.02. The molecule has 1 N–H and O–H groups in total. The Balaban J connectivity index is 1.99. The van der Waals surface area contributed by atoms with Crippen LogP contribution in [0.25, 0.3) is 0 Å². The summed E-state index contributed by atoms with van der Waals surface area (Å²) < 4.78 is 2.04. The molecular formula is C11H16N4. The van der Waals surface area contributed by atoms with E-state index < -0.39 is 0 Å². The van der Waals surface area contributed by atoms with E-state index in [2.05, 4.69) is 16.4 Å². The van der Waals surface area contributed by atoms with Crippen LogP contribution in [0.15, 0.2) is 6.33 Å². The van der Waals surface area contributed by atoms with Gasteiger partial charge in [-0.25, -0.2) is 4.98 Å². The smallest absolute Gasteiger partial charge is 0.114 e. The third-order valence-corrected chi connectivity index (χ3v) is 2.89. The van der Waals surface area contributed by atoms with Crippen LogP contribution < -0.4 is 5.32 Å². The number of hydrogen-bond acceptors (Lipinski definition) is 3. The SMILES string of the molecule is Cc1ncn(CC(C#N)NC2CC2)c1C. The summed E-state index contributed by atoms with van der Waals surface area (Å²) in [6.45, 7) is 4.72. The van der Waals surface area contributed by atoms with Gasteiger partial charge in [-0.15, -0.1) is 0 Å². The van der Waals surface area contributed by atoms with Crippen LogP contribution in [-0.4, -0.2) is 21.6 Å². The molecule has 0 amide bonds. The molecule has 0 saturated heterocycles. The van der Waals surface area contributed by atoms with Gasteiger partial charge in [-0.2, -0.15) is 5.26 Å². The highest BCUT2D eigenvalue weighted by atomic mass is 15.1. The Bertz CT molecular complexity index is 384. The van der Waals surface area contributed by atoms with Gasteiger partial charge in [0.1, 0.15) is 6.04 Å². The number of nitrogens with zero attached hydrogens (tertiary/aromatic N) is 3. The first-order chi connectivity index (χ1) is 7.20. The van der Waals surface area contributed by atoms with Crippen molar-refractivity contribution in [2.24, 2.45) is 0 Å². The molecule has 1 aliphatic rings. The number of hydrogen-bond donors (Lipinski definition) is 1. The third kappa shape index (κ3) is 2.37. The second kappa shape index (κ2) is 4.03. The minimum absolute atomic E-state index is 0.0928. The molecular weight excluding hydrogens is 188 g/mol. The van der Waals surface area contributed by atoms with Crippen LogP contribution in [0.1, 0.15) is 24.2 Å². The van der Waals surface area contributed by atoms with E-state index in [1.165, 1.54) is 12.8 Å². The first kappa shape index (κ1) is 10.2. The maximum atomic E-state index is 9.02. The van der Waals surface area contributed by atoms with Crippen molar-refractivity contribution in [3.8, 4) is 6.07 Å². The first-order valence-corrected chi connectivity index (χ1v) is 5.34. The minimum Gasteiger partial charge on any atom is -0.332 e. The number of aryl methyl sites for hydroxylation is 1. The standard InChI is InChI=1S/C11H16N4/c1-8-9(2)15(7-13-8)6-11(5-12)14-10-3-4-10/h7,10-11,14H,3-4,6H2,1-2H3. The molecule has 0 aromatic carbocycles. The molecule has 1 heterocycles. The maximum Gasteiger partial charge on any atom is 0.114 e. The Kier molecular flexibility index (Phi) is 2.74. The molecule has 1 atom stereocenters. The van der Waals surface area contributed by atoms with Gasteiger partial charge in [0.2, 0.25) is 0 Å². The average Bonchev–Trinajstić information content (AvgIpc) is 2.99. The predicted octanol–water partition coefficient (Wildman–Crippen LogP) is 1.14.